The number of hydrogen-bond donors (Lipinski definition) is 1. The van der Waals surface area contributed by atoms with E-state index in [0.29, 0.717) is 0 Å². The maximum atomic E-state index is 10.2. The molecule has 0 aromatic heterocycles. The summed E-state index contributed by atoms with van der Waals surface area (Å²) in [5.41, 5.74) is 0.255. The Hall–Kier alpha value is -0.600. The van der Waals surface area contributed by atoms with Crippen molar-refractivity contribution in [2.24, 2.45) is 0 Å². The average Bonchev–Trinajstić information content (AvgIpc) is 2.54. The van der Waals surface area contributed by atoms with Crippen molar-refractivity contribution in [3.05, 3.63) is 46.5 Å². The van der Waals surface area contributed by atoms with Crippen LogP contribution in [0.4, 0.5) is 0 Å². The van der Waals surface area contributed by atoms with Crippen LogP contribution in [-0.4, -0.2) is 5.11 Å². The first-order valence-electron chi connectivity index (χ1n) is 4.37. The molecular weight excluding hydrogens is 228 g/mol. The highest BCUT2D eigenvalue weighted by molar-refractivity contribution is 9.10. The van der Waals surface area contributed by atoms with E-state index >= 15 is 0 Å². The van der Waals surface area contributed by atoms with E-state index in [0.717, 1.165) is 22.9 Å². The van der Waals surface area contributed by atoms with Gasteiger partial charge in [-0.1, -0.05) is 40.2 Å². The smallest absolute Gasteiger partial charge is 0.108 e. The van der Waals surface area contributed by atoms with E-state index < -0.39 is 5.60 Å². The summed E-state index contributed by atoms with van der Waals surface area (Å²) in [6.07, 6.45) is 5.68. The van der Waals surface area contributed by atoms with Crippen LogP contribution < -0.4 is 0 Å². The highest BCUT2D eigenvalue weighted by atomic mass is 79.9. The van der Waals surface area contributed by atoms with E-state index in [2.05, 4.69) is 15.9 Å². The maximum absolute atomic E-state index is 10.2. The minimum atomic E-state index is -0.722. The van der Waals surface area contributed by atoms with Gasteiger partial charge in [-0.2, -0.15) is 0 Å². The molecule has 0 fully saturated rings. The van der Waals surface area contributed by atoms with Crippen LogP contribution in [0.1, 0.15) is 18.4 Å². The van der Waals surface area contributed by atoms with Crippen molar-refractivity contribution in [3.8, 4) is 0 Å². The van der Waals surface area contributed by atoms with Crippen LogP contribution in [0, 0.1) is 0 Å². The van der Waals surface area contributed by atoms with Gasteiger partial charge in [0, 0.05) is 4.47 Å². The Morgan fingerprint density at radius 3 is 2.46 bits per heavy atom. The Labute approximate surface area is 86.2 Å². The van der Waals surface area contributed by atoms with Gasteiger partial charge in [-0.15, -0.1) is 0 Å². The first-order valence-corrected chi connectivity index (χ1v) is 5.16. The van der Waals surface area contributed by atoms with Crippen molar-refractivity contribution in [2.45, 2.75) is 18.4 Å². The van der Waals surface area contributed by atoms with Gasteiger partial charge in [-0.3, -0.25) is 0 Å². The Bertz CT molecular complexity index is 328. The van der Waals surface area contributed by atoms with Gasteiger partial charge in [-0.05, 0) is 30.5 Å². The monoisotopic (exact) mass is 238 g/mol. The molecule has 0 aliphatic heterocycles. The number of hydrogen-bond acceptors (Lipinski definition) is 1. The fourth-order valence-corrected chi connectivity index (χ4v) is 1.91. The normalized spacial score (nSPS) is 26.6. The van der Waals surface area contributed by atoms with Gasteiger partial charge in [-0.25, -0.2) is 0 Å². The molecule has 1 atom stereocenters. The minimum Gasteiger partial charge on any atom is -0.381 e. The molecule has 1 aliphatic carbocycles. The topological polar surface area (TPSA) is 20.2 Å². The summed E-state index contributed by atoms with van der Waals surface area (Å²) in [4.78, 5) is 0. The standard InChI is InChI=1S/C11H11BrO/c12-10-5-3-9(4-6-10)11(13)7-1-2-8-11/h1,3-7,13H,2,8H2. The Kier molecular flexibility index (Phi) is 2.26. The number of halogens is 1. The second kappa shape index (κ2) is 3.28. The molecular formula is C11H11BrO. The molecule has 1 aromatic carbocycles. The molecule has 1 N–H and O–H groups in total. The quantitative estimate of drug-likeness (QED) is 0.747. The number of rotatable bonds is 1. The van der Waals surface area contributed by atoms with E-state index in [1.54, 1.807) is 0 Å². The molecule has 0 spiro atoms. The Balaban J connectivity index is 2.35. The summed E-state index contributed by atoms with van der Waals surface area (Å²) in [6, 6.07) is 7.83. The van der Waals surface area contributed by atoms with Crippen molar-refractivity contribution in [1.82, 2.24) is 0 Å². The van der Waals surface area contributed by atoms with Gasteiger partial charge in [0.15, 0.2) is 0 Å². The third-order valence-corrected chi connectivity index (χ3v) is 2.96. The lowest BCUT2D eigenvalue weighted by Crippen LogP contribution is -2.19. The van der Waals surface area contributed by atoms with Crippen molar-refractivity contribution in [3.63, 3.8) is 0 Å². The zero-order chi connectivity index (χ0) is 9.31. The van der Waals surface area contributed by atoms with Crippen LogP contribution in [-0.2, 0) is 5.60 Å². The van der Waals surface area contributed by atoms with E-state index in [1.165, 1.54) is 0 Å². The number of allylic oxidation sites excluding steroid dienone is 1. The van der Waals surface area contributed by atoms with Crippen molar-refractivity contribution in [2.75, 3.05) is 0 Å². The first kappa shape index (κ1) is 8.97. The Morgan fingerprint density at radius 2 is 1.92 bits per heavy atom. The molecule has 0 radical (unpaired) electrons. The van der Waals surface area contributed by atoms with Crippen molar-refractivity contribution in [1.29, 1.82) is 0 Å². The third-order valence-electron chi connectivity index (χ3n) is 2.43. The summed E-state index contributed by atoms with van der Waals surface area (Å²) in [5, 5.41) is 10.2. The molecule has 1 unspecified atom stereocenters. The van der Waals surface area contributed by atoms with Crippen LogP contribution in [0.5, 0.6) is 0 Å². The molecule has 0 heterocycles. The minimum absolute atomic E-state index is 0.722. The molecule has 1 aliphatic rings. The van der Waals surface area contributed by atoms with Gasteiger partial charge in [0.1, 0.15) is 5.60 Å². The van der Waals surface area contributed by atoms with Crippen molar-refractivity contribution < 1.29 is 5.11 Å². The van der Waals surface area contributed by atoms with E-state index in [1.807, 2.05) is 36.4 Å². The number of aliphatic hydroxyl groups is 1. The second-order valence-electron chi connectivity index (χ2n) is 3.37. The van der Waals surface area contributed by atoms with Crippen LogP contribution >= 0.6 is 15.9 Å². The highest BCUT2D eigenvalue weighted by Crippen LogP contribution is 2.33. The lowest BCUT2D eigenvalue weighted by Gasteiger charge is -2.20. The summed E-state index contributed by atoms with van der Waals surface area (Å²) in [5.74, 6) is 0. The summed E-state index contributed by atoms with van der Waals surface area (Å²) < 4.78 is 1.04. The zero-order valence-electron chi connectivity index (χ0n) is 7.20. The molecule has 0 amide bonds. The second-order valence-corrected chi connectivity index (χ2v) is 4.29. The van der Waals surface area contributed by atoms with Crippen molar-refractivity contribution >= 4 is 15.9 Å². The molecule has 1 nitrogen and oxygen atoms in total. The largest absolute Gasteiger partial charge is 0.381 e. The Morgan fingerprint density at radius 1 is 1.23 bits per heavy atom. The van der Waals surface area contributed by atoms with E-state index in [9.17, 15) is 5.11 Å². The fraction of sp³-hybridized carbons (Fsp3) is 0.273. The lowest BCUT2D eigenvalue weighted by molar-refractivity contribution is 0.0895. The highest BCUT2D eigenvalue weighted by Gasteiger charge is 2.28. The first-order chi connectivity index (χ1) is 6.21. The van der Waals surface area contributed by atoms with E-state index in [4.69, 9.17) is 0 Å². The van der Waals surface area contributed by atoms with Gasteiger partial charge in [0.25, 0.3) is 0 Å². The van der Waals surface area contributed by atoms with Crippen LogP contribution in [0.15, 0.2) is 40.9 Å². The van der Waals surface area contributed by atoms with Gasteiger partial charge in [0.2, 0.25) is 0 Å². The van der Waals surface area contributed by atoms with Gasteiger partial charge >= 0.3 is 0 Å². The van der Waals surface area contributed by atoms with Gasteiger partial charge < -0.3 is 5.11 Å². The predicted octanol–water partition coefficient (Wildman–Crippen LogP) is 2.99. The zero-order valence-corrected chi connectivity index (χ0v) is 8.79. The molecule has 0 saturated carbocycles. The number of benzene rings is 1. The third kappa shape index (κ3) is 1.69. The van der Waals surface area contributed by atoms with Crippen LogP contribution in [0.3, 0.4) is 0 Å². The molecule has 13 heavy (non-hydrogen) atoms. The molecule has 0 bridgehead atoms. The molecule has 1 aromatic rings. The lowest BCUT2D eigenvalue weighted by atomic mass is 9.94. The summed E-state index contributed by atoms with van der Waals surface area (Å²) in [7, 11) is 0. The van der Waals surface area contributed by atoms with Gasteiger partial charge in [0.05, 0.1) is 0 Å². The maximum Gasteiger partial charge on any atom is 0.108 e. The van der Waals surface area contributed by atoms with E-state index in [-0.39, 0.29) is 0 Å². The van der Waals surface area contributed by atoms with Crippen LogP contribution in [0.25, 0.3) is 0 Å². The molecule has 68 valence electrons. The SMILES string of the molecule is OC1(c2ccc(Br)cc2)C=CCC1. The molecule has 2 rings (SSSR count). The summed E-state index contributed by atoms with van der Waals surface area (Å²) in [6.45, 7) is 0. The molecule has 0 saturated heterocycles. The average molecular weight is 239 g/mol. The summed E-state index contributed by atoms with van der Waals surface area (Å²) >= 11 is 3.37. The molecule has 2 heteroatoms. The predicted molar refractivity (Wildman–Crippen MR) is 56.4 cm³/mol. The van der Waals surface area contributed by atoms with Crippen LogP contribution in [0.2, 0.25) is 0 Å². The fourth-order valence-electron chi connectivity index (χ4n) is 1.64.